The van der Waals surface area contributed by atoms with E-state index in [1.165, 1.54) is 32.2 Å². The van der Waals surface area contributed by atoms with Crippen molar-refractivity contribution in [1.29, 1.82) is 0 Å². The van der Waals surface area contributed by atoms with Gasteiger partial charge in [0.1, 0.15) is 0 Å². The second kappa shape index (κ2) is 4.73. The summed E-state index contributed by atoms with van der Waals surface area (Å²) in [5.41, 5.74) is 5.73. The standard InChI is InChI=1S/C9H20N2/c1-8(10)7-9-5-3-2-4-6-11-9/h8-9,11H,2-7,10H2,1H3. The molecule has 3 N–H and O–H groups in total. The van der Waals surface area contributed by atoms with Crippen molar-refractivity contribution in [1.82, 2.24) is 5.32 Å². The maximum atomic E-state index is 5.73. The Labute approximate surface area is 69.5 Å². The van der Waals surface area contributed by atoms with E-state index in [2.05, 4.69) is 12.2 Å². The number of hydrogen-bond donors (Lipinski definition) is 2. The molecule has 2 heteroatoms. The molecule has 0 aromatic heterocycles. The molecule has 1 aliphatic rings. The summed E-state index contributed by atoms with van der Waals surface area (Å²) in [4.78, 5) is 0. The van der Waals surface area contributed by atoms with Crippen molar-refractivity contribution in [2.24, 2.45) is 5.73 Å². The average Bonchev–Trinajstić information content (AvgIpc) is 2.14. The molecule has 0 amide bonds. The Kier molecular flexibility index (Phi) is 3.87. The van der Waals surface area contributed by atoms with Gasteiger partial charge in [0.25, 0.3) is 0 Å². The molecule has 2 atom stereocenters. The summed E-state index contributed by atoms with van der Waals surface area (Å²) >= 11 is 0. The van der Waals surface area contributed by atoms with Crippen LogP contribution in [-0.2, 0) is 0 Å². The normalized spacial score (nSPS) is 29.5. The Bertz CT molecular complexity index is 93.7. The highest BCUT2D eigenvalue weighted by atomic mass is 14.9. The fourth-order valence-corrected chi connectivity index (χ4v) is 1.75. The van der Waals surface area contributed by atoms with Gasteiger partial charge in [-0.2, -0.15) is 0 Å². The highest BCUT2D eigenvalue weighted by molar-refractivity contribution is 4.73. The second-order valence-electron chi connectivity index (χ2n) is 3.71. The Balaban J connectivity index is 2.20. The summed E-state index contributed by atoms with van der Waals surface area (Å²) in [5, 5.41) is 3.53. The summed E-state index contributed by atoms with van der Waals surface area (Å²) in [6.45, 7) is 3.28. The molecule has 0 aromatic rings. The molecule has 1 saturated heterocycles. The Morgan fingerprint density at radius 1 is 1.45 bits per heavy atom. The Morgan fingerprint density at radius 2 is 2.27 bits per heavy atom. The summed E-state index contributed by atoms with van der Waals surface area (Å²) in [6.07, 6.45) is 6.57. The topological polar surface area (TPSA) is 38.0 Å². The van der Waals surface area contributed by atoms with E-state index in [-0.39, 0.29) is 0 Å². The van der Waals surface area contributed by atoms with E-state index < -0.39 is 0 Å². The molecule has 2 nitrogen and oxygen atoms in total. The largest absolute Gasteiger partial charge is 0.328 e. The minimum Gasteiger partial charge on any atom is -0.328 e. The third kappa shape index (κ3) is 3.73. The molecular weight excluding hydrogens is 136 g/mol. The highest BCUT2D eigenvalue weighted by Crippen LogP contribution is 2.11. The van der Waals surface area contributed by atoms with Gasteiger partial charge in [0.2, 0.25) is 0 Å². The molecule has 0 aromatic carbocycles. The van der Waals surface area contributed by atoms with Gasteiger partial charge in [-0.1, -0.05) is 12.8 Å². The maximum Gasteiger partial charge on any atom is 0.00816 e. The van der Waals surface area contributed by atoms with Gasteiger partial charge in [-0.15, -0.1) is 0 Å². The van der Waals surface area contributed by atoms with Crippen molar-refractivity contribution in [2.75, 3.05) is 6.54 Å². The van der Waals surface area contributed by atoms with Crippen LogP contribution in [-0.4, -0.2) is 18.6 Å². The van der Waals surface area contributed by atoms with Crippen LogP contribution in [0.15, 0.2) is 0 Å². The Hall–Kier alpha value is -0.0800. The van der Waals surface area contributed by atoms with Gasteiger partial charge in [0.05, 0.1) is 0 Å². The van der Waals surface area contributed by atoms with Crippen LogP contribution in [0.3, 0.4) is 0 Å². The molecular formula is C9H20N2. The van der Waals surface area contributed by atoms with Gasteiger partial charge in [-0.05, 0) is 32.7 Å². The third-order valence-corrected chi connectivity index (χ3v) is 2.32. The van der Waals surface area contributed by atoms with Crippen molar-refractivity contribution < 1.29 is 0 Å². The van der Waals surface area contributed by atoms with Crippen molar-refractivity contribution in [3.8, 4) is 0 Å². The molecule has 0 radical (unpaired) electrons. The first-order valence-electron chi connectivity index (χ1n) is 4.78. The first kappa shape index (κ1) is 9.01. The fourth-order valence-electron chi connectivity index (χ4n) is 1.75. The molecule has 0 saturated carbocycles. The minimum absolute atomic E-state index is 0.352. The SMILES string of the molecule is CC(N)CC1CCCCCN1. The summed E-state index contributed by atoms with van der Waals surface area (Å²) in [7, 11) is 0. The van der Waals surface area contributed by atoms with Crippen LogP contribution < -0.4 is 11.1 Å². The summed E-state index contributed by atoms with van der Waals surface area (Å²) in [6, 6.07) is 1.04. The monoisotopic (exact) mass is 156 g/mol. The third-order valence-electron chi connectivity index (χ3n) is 2.32. The van der Waals surface area contributed by atoms with Crippen LogP contribution in [0.5, 0.6) is 0 Å². The van der Waals surface area contributed by atoms with Crippen LogP contribution in [0.1, 0.15) is 39.0 Å². The van der Waals surface area contributed by atoms with Crippen LogP contribution in [0.25, 0.3) is 0 Å². The molecule has 0 bridgehead atoms. The van der Waals surface area contributed by atoms with Gasteiger partial charge in [0.15, 0.2) is 0 Å². The molecule has 1 rings (SSSR count). The second-order valence-corrected chi connectivity index (χ2v) is 3.71. The molecule has 0 spiro atoms. The van der Waals surface area contributed by atoms with Crippen LogP contribution >= 0.6 is 0 Å². The van der Waals surface area contributed by atoms with Gasteiger partial charge < -0.3 is 11.1 Å². The highest BCUT2D eigenvalue weighted by Gasteiger charge is 2.12. The Morgan fingerprint density at radius 3 is 3.00 bits per heavy atom. The van der Waals surface area contributed by atoms with Crippen LogP contribution in [0.2, 0.25) is 0 Å². The van der Waals surface area contributed by atoms with E-state index in [0.29, 0.717) is 12.1 Å². The van der Waals surface area contributed by atoms with Gasteiger partial charge in [-0.3, -0.25) is 0 Å². The molecule has 2 unspecified atom stereocenters. The molecule has 0 aliphatic carbocycles. The van der Waals surface area contributed by atoms with Crippen molar-refractivity contribution in [3.63, 3.8) is 0 Å². The smallest absolute Gasteiger partial charge is 0.00816 e. The zero-order valence-corrected chi connectivity index (χ0v) is 7.47. The predicted octanol–water partition coefficient (Wildman–Crippen LogP) is 1.26. The molecule has 11 heavy (non-hydrogen) atoms. The maximum absolute atomic E-state index is 5.73. The average molecular weight is 156 g/mol. The van der Waals surface area contributed by atoms with E-state index in [1.807, 2.05) is 0 Å². The number of nitrogens with one attached hydrogen (secondary N) is 1. The lowest BCUT2D eigenvalue weighted by molar-refractivity contribution is 0.446. The van der Waals surface area contributed by atoms with Gasteiger partial charge in [-0.25, -0.2) is 0 Å². The number of rotatable bonds is 2. The lowest BCUT2D eigenvalue weighted by Gasteiger charge is -2.17. The lowest BCUT2D eigenvalue weighted by atomic mass is 10.0. The lowest BCUT2D eigenvalue weighted by Crippen LogP contribution is -2.33. The fraction of sp³-hybridized carbons (Fsp3) is 1.00. The molecule has 1 heterocycles. The summed E-state index contributed by atoms with van der Waals surface area (Å²) in [5.74, 6) is 0. The van der Waals surface area contributed by atoms with E-state index >= 15 is 0 Å². The van der Waals surface area contributed by atoms with E-state index in [1.54, 1.807) is 0 Å². The van der Waals surface area contributed by atoms with Gasteiger partial charge in [0, 0.05) is 12.1 Å². The first-order chi connectivity index (χ1) is 5.29. The van der Waals surface area contributed by atoms with E-state index in [0.717, 1.165) is 6.42 Å². The first-order valence-corrected chi connectivity index (χ1v) is 4.78. The van der Waals surface area contributed by atoms with E-state index in [4.69, 9.17) is 5.73 Å². The van der Waals surface area contributed by atoms with Gasteiger partial charge >= 0.3 is 0 Å². The van der Waals surface area contributed by atoms with E-state index in [9.17, 15) is 0 Å². The number of hydrogen-bond acceptors (Lipinski definition) is 2. The number of nitrogens with two attached hydrogens (primary N) is 1. The molecule has 66 valence electrons. The minimum atomic E-state index is 0.352. The van der Waals surface area contributed by atoms with Crippen LogP contribution in [0, 0.1) is 0 Å². The zero-order valence-electron chi connectivity index (χ0n) is 7.47. The van der Waals surface area contributed by atoms with Crippen molar-refractivity contribution in [3.05, 3.63) is 0 Å². The molecule has 1 aliphatic heterocycles. The van der Waals surface area contributed by atoms with Crippen LogP contribution in [0.4, 0.5) is 0 Å². The quantitative estimate of drug-likeness (QED) is 0.631. The molecule has 1 fully saturated rings. The van der Waals surface area contributed by atoms with Crippen molar-refractivity contribution >= 4 is 0 Å². The predicted molar refractivity (Wildman–Crippen MR) is 48.5 cm³/mol. The zero-order chi connectivity index (χ0) is 8.10. The summed E-state index contributed by atoms with van der Waals surface area (Å²) < 4.78 is 0. The van der Waals surface area contributed by atoms with Crippen molar-refractivity contribution in [2.45, 2.75) is 51.1 Å².